The van der Waals surface area contributed by atoms with Gasteiger partial charge in [-0.2, -0.15) is 0 Å². The molecule has 30 heavy (non-hydrogen) atoms. The molecule has 3 rings (SSSR count). The average molecular weight is 408 g/mol. The number of carbonyl (C=O) groups excluding carboxylic acids is 1. The van der Waals surface area contributed by atoms with Crippen LogP contribution in [0.4, 0.5) is 0 Å². The molecule has 0 aliphatic heterocycles. The number of unbranched alkanes of at least 4 members (excludes halogenated alkanes) is 1. The van der Waals surface area contributed by atoms with Crippen LogP contribution in [-0.2, 0) is 4.74 Å². The van der Waals surface area contributed by atoms with Gasteiger partial charge in [-0.1, -0.05) is 31.5 Å². The Bertz CT molecular complexity index is 1070. The van der Waals surface area contributed by atoms with E-state index in [9.17, 15) is 9.59 Å². The van der Waals surface area contributed by atoms with Crippen molar-refractivity contribution in [3.8, 4) is 11.3 Å². The summed E-state index contributed by atoms with van der Waals surface area (Å²) < 4.78 is 11.5. The molecule has 0 saturated carbocycles. The molecule has 1 N–H and O–H groups in total. The van der Waals surface area contributed by atoms with Gasteiger partial charge >= 0.3 is 0 Å². The number of amides is 1. The van der Waals surface area contributed by atoms with Crippen molar-refractivity contribution in [1.29, 1.82) is 0 Å². The fourth-order valence-electron chi connectivity index (χ4n) is 3.36. The predicted octanol–water partition coefficient (Wildman–Crippen LogP) is 5.01. The first kappa shape index (κ1) is 21.8. The molecule has 0 aliphatic rings. The molecule has 1 amide bonds. The molecule has 0 spiro atoms. The minimum atomic E-state index is -0.124. The fourth-order valence-corrected chi connectivity index (χ4v) is 3.36. The SMILES string of the molecule is CCCCOCCCNC(=O)c1ccc(-c2cc(=O)c3cc(C)cc(C)c3o2)cc1. The highest BCUT2D eigenvalue weighted by molar-refractivity contribution is 5.94. The number of benzene rings is 2. The van der Waals surface area contributed by atoms with E-state index in [4.69, 9.17) is 9.15 Å². The molecular weight excluding hydrogens is 378 g/mol. The Morgan fingerprint density at radius 1 is 1.03 bits per heavy atom. The minimum Gasteiger partial charge on any atom is -0.456 e. The molecule has 158 valence electrons. The number of rotatable bonds is 9. The van der Waals surface area contributed by atoms with Crippen molar-refractivity contribution in [2.75, 3.05) is 19.8 Å². The van der Waals surface area contributed by atoms with Crippen LogP contribution in [-0.4, -0.2) is 25.7 Å². The van der Waals surface area contributed by atoms with Gasteiger partial charge < -0.3 is 14.5 Å². The molecule has 5 heteroatoms. The van der Waals surface area contributed by atoms with Crippen molar-refractivity contribution < 1.29 is 13.9 Å². The van der Waals surface area contributed by atoms with E-state index in [-0.39, 0.29) is 11.3 Å². The summed E-state index contributed by atoms with van der Waals surface area (Å²) in [5.41, 5.74) is 3.82. The highest BCUT2D eigenvalue weighted by Gasteiger charge is 2.11. The average Bonchev–Trinajstić information content (AvgIpc) is 2.73. The predicted molar refractivity (Wildman–Crippen MR) is 120 cm³/mol. The fraction of sp³-hybridized carbons (Fsp3) is 0.360. The molecule has 2 aromatic carbocycles. The van der Waals surface area contributed by atoms with Crippen LogP contribution in [0, 0.1) is 13.8 Å². The lowest BCUT2D eigenvalue weighted by molar-refractivity contribution is 0.0940. The van der Waals surface area contributed by atoms with Gasteiger partial charge in [-0.05, 0) is 56.0 Å². The van der Waals surface area contributed by atoms with E-state index >= 15 is 0 Å². The smallest absolute Gasteiger partial charge is 0.251 e. The number of hydrogen-bond donors (Lipinski definition) is 1. The van der Waals surface area contributed by atoms with Crippen LogP contribution in [0.2, 0.25) is 0 Å². The van der Waals surface area contributed by atoms with Gasteiger partial charge in [0.15, 0.2) is 5.43 Å². The first-order valence-electron chi connectivity index (χ1n) is 10.5. The van der Waals surface area contributed by atoms with E-state index in [1.807, 2.05) is 26.0 Å². The quantitative estimate of drug-likeness (QED) is 0.506. The Morgan fingerprint density at radius 3 is 2.50 bits per heavy atom. The van der Waals surface area contributed by atoms with Crippen LogP contribution in [0.15, 0.2) is 51.7 Å². The zero-order valence-corrected chi connectivity index (χ0v) is 17.9. The Morgan fingerprint density at radius 2 is 1.77 bits per heavy atom. The first-order valence-corrected chi connectivity index (χ1v) is 10.5. The second-order valence-electron chi connectivity index (χ2n) is 7.59. The summed E-state index contributed by atoms with van der Waals surface area (Å²) >= 11 is 0. The van der Waals surface area contributed by atoms with Crippen LogP contribution >= 0.6 is 0 Å². The third-order valence-electron chi connectivity index (χ3n) is 4.98. The van der Waals surface area contributed by atoms with Gasteiger partial charge in [0.2, 0.25) is 0 Å². The molecule has 0 bridgehead atoms. The van der Waals surface area contributed by atoms with Crippen molar-refractivity contribution in [3.63, 3.8) is 0 Å². The van der Waals surface area contributed by atoms with E-state index in [2.05, 4.69) is 12.2 Å². The number of carbonyl (C=O) groups is 1. The molecule has 0 aliphatic carbocycles. The van der Waals surface area contributed by atoms with Crippen molar-refractivity contribution in [1.82, 2.24) is 5.32 Å². The van der Waals surface area contributed by atoms with Gasteiger partial charge in [0.1, 0.15) is 11.3 Å². The number of nitrogens with one attached hydrogen (secondary N) is 1. The maximum atomic E-state index is 12.5. The Labute approximate surface area is 177 Å². The molecule has 5 nitrogen and oxygen atoms in total. The zero-order chi connectivity index (χ0) is 21.5. The standard InChI is InChI=1S/C25H29NO4/c1-4-5-12-29-13-6-11-26-25(28)20-9-7-19(8-10-20)23-16-22(27)21-15-17(2)14-18(3)24(21)30-23/h7-10,14-16H,4-6,11-13H2,1-3H3,(H,26,28). The zero-order valence-electron chi connectivity index (χ0n) is 17.9. The summed E-state index contributed by atoms with van der Waals surface area (Å²) in [6.45, 7) is 8.03. The summed E-state index contributed by atoms with van der Waals surface area (Å²) in [5, 5.41) is 3.49. The Balaban J connectivity index is 1.66. The van der Waals surface area contributed by atoms with Gasteiger partial charge in [-0.25, -0.2) is 0 Å². The highest BCUT2D eigenvalue weighted by Crippen LogP contribution is 2.25. The summed E-state index contributed by atoms with van der Waals surface area (Å²) in [7, 11) is 0. The van der Waals surface area contributed by atoms with Crippen molar-refractivity contribution in [2.24, 2.45) is 0 Å². The van der Waals surface area contributed by atoms with Gasteiger partial charge in [-0.3, -0.25) is 9.59 Å². The van der Waals surface area contributed by atoms with Crippen LogP contribution in [0.3, 0.4) is 0 Å². The third-order valence-corrected chi connectivity index (χ3v) is 4.98. The second kappa shape index (κ2) is 10.2. The Kier molecular flexibility index (Phi) is 7.41. The highest BCUT2D eigenvalue weighted by atomic mass is 16.5. The van der Waals surface area contributed by atoms with Gasteiger partial charge in [0.05, 0.1) is 5.39 Å². The summed E-state index contributed by atoms with van der Waals surface area (Å²) in [6.07, 6.45) is 2.97. The Hall–Kier alpha value is -2.92. The van der Waals surface area contributed by atoms with Crippen LogP contribution < -0.4 is 10.7 Å². The largest absolute Gasteiger partial charge is 0.456 e. The maximum Gasteiger partial charge on any atom is 0.251 e. The van der Waals surface area contributed by atoms with Crippen molar-refractivity contribution in [2.45, 2.75) is 40.0 Å². The van der Waals surface area contributed by atoms with Crippen molar-refractivity contribution in [3.05, 3.63) is 69.4 Å². The topological polar surface area (TPSA) is 68.5 Å². The van der Waals surface area contributed by atoms with Gasteiger partial charge in [0.25, 0.3) is 5.91 Å². The van der Waals surface area contributed by atoms with Crippen LogP contribution in [0.1, 0.15) is 47.7 Å². The third kappa shape index (κ3) is 5.36. The van der Waals surface area contributed by atoms with Crippen LogP contribution in [0.25, 0.3) is 22.3 Å². The van der Waals surface area contributed by atoms with Gasteiger partial charge in [0, 0.05) is 37.0 Å². The first-order chi connectivity index (χ1) is 14.5. The number of fused-ring (bicyclic) bond motifs is 1. The minimum absolute atomic E-state index is 0.0685. The maximum absolute atomic E-state index is 12.5. The van der Waals surface area contributed by atoms with E-state index < -0.39 is 0 Å². The van der Waals surface area contributed by atoms with Gasteiger partial charge in [-0.15, -0.1) is 0 Å². The second-order valence-corrected chi connectivity index (χ2v) is 7.59. The number of ether oxygens (including phenoxy) is 1. The molecule has 0 unspecified atom stereocenters. The summed E-state index contributed by atoms with van der Waals surface area (Å²) in [5.74, 6) is 0.372. The monoisotopic (exact) mass is 407 g/mol. The van der Waals surface area contributed by atoms with E-state index in [1.54, 1.807) is 24.3 Å². The lowest BCUT2D eigenvalue weighted by Crippen LogP contribution is -2.25. The number of hydrogen-bond acceptors (Lipinski definition) is 4. The summed E-state index contributed by atoms with van der Waals surface area (Å²) in [6, 6.07) is 12.4. The van der Waals surface area contributed by atoms with Crippen LogP contribution in [0.5, 0.6) is 0 Å². The molecular formula is C25H29NO4. The normalized spacial score (nSPS) is 11.0. The van der Waals surface area contributed by atoms with E-state index in [1.165, 1.54) is 6.07 Å². The summed E-state index contributed by atoms with van der Waals surface area (Å²) in [4.78, 5) is 24.9. The molecule has 0 fully saturated rings. The lowest BCUT2D eigenvalue weighted by Gasteiger charge is -2.08. The molecule has 3 aromatic rings. The van der Waals surface area contributed by atoms with Crippen molar-refractivity contribution >= 4 is 16.9 Å². The molecule has 0 radical (unpaired) electrons. The van der Waals surface area contributed by atoms with E-state index in [0.717, 1.165) is 42.6 Å². The lowest BCUT2D eigenvalue weighted by atomic mass is 10.1. The molecule has 0 saturated heterocycles. The number of aryl methyl sites for hydroxylation is 2. The molecule has 1 aromatic heterocycles. The molecule has 1 heterocycles. The molecule has 0 atom stereocenters. The van der Waals surface area contributed by atoms with E-state index in [0.29, 0.717) is 35.4 Å².